The van der Waals surface area contributed by atoms with E-state index in [-0.39, 0.29) is 5.91 Å². The molecule has 1 N–H and O–H groups in total. The Morgan fingerprint density at radius 1 is 1.29 bits per heavy atom. The van der Waals surface area contributed by atoms with Crippen LogP contribution in [-0.2, 0) is 4.79 Å². The Hall–Kier alpha value is -0.180. The van der Waals surface area contributed by atoms with E-state index in [1.807, 2.05) is 6.26 Å². The largest absolute Gasteiger partial charge is 0.300 e. The third-order valence-electron chi connectivity index (χ3n) is 2.97. The van der Waals surface area contributed by atoms with E-state index in [4.69, 9.17) is 0 Å². The van der Waals surface area contributed by atoms with E-state index in [0.717, 1.165) is 12.3 Å². The Kier molecular flexibility index (Phi) is 6.08. The van der Waals surface area contributed by atoms with Gasteiger partial charge in [0.1, 0.15) is 0 Å². The summed E-state index contributed by atoms with van der Waals surface area (Å²) in [5, 5.41) is 0. The molecule has 1 aliphatic rings. The fourth-order valence-electron chi connectivity index (χ4n) is 2.15. The summed E-state index contributed by atoms with van der Waals surface area (Å²) in [6, 6.07) is 0. The van der Waals surface area contributed by atoms with E-state index < -0.39 is 0 Å². The Morgan fingerprint density at radius 3 is 2.50 bits per heavy atom. The SMILES string of the molecule is CSNC(=O)CCC1CCCCCC1. The third-order valence-corrected chi connectivity index (χ3v) is 3.40. The first-order chi connectivity index (χ1) is 6.83. The molecular weight excluding hydrogens is 194 g/mol. The molecule has 1 rings (SSSR count). The Bertz CT molecular complexity index is 165. The van der Waals surface area contributed by atoms with Gasteiger partial charge in [-0.15, -0.1) is 0 Å². The van der Waals surface area contributed by atoms with Gasteiger partial charge in [-0.2, -0.15) is 0 Å². The van der Waals surface area contributed by atoms with Gasteiger partial charge in [-0.25, -0.2) is 0 Å². The highest BCUT2D eigenvalue weighted by molar-refractivity contribution is 7.97. The van der Waals surface area contributed by atoms with Crippen molar-refractivity contribution in [1.82, 2.24) is 4.72 Å². The van der Waals surface area contributed by atoms with Gasteiger partial charge in [0, 0.05) is 12.7 Å². The van der Waals surface area contributed by atoms with Crippen molar-refractivity contribution >= 4 is 17.9 Å². The van der Waals surface area contributed by atoms with Crippen molar-refractivity contribution in [2.45, 2.75) is 51.4 Å². The normalized spacial score (nSPS) is 18.9. The first kappa shape index (κ1) is 11.9. The molecular formula is C11H21NOS. The maximum absolute atomic E-state index is 11.2. The van der Waals surface area contributed by atoms with Gasteiger partial charge in [0.2, 0.25) is 5.91 Å². The lowest BCUT2D eigenvalue weighted by Gasteiger charge is -2.12. The van der Waals surface area contributed by atoms with Crippen molar-refractivity contribution in [2.75, 3.05) is 6.26 Å². The summed E-state index contributed by atoms with van der Waals surface area (Å²) in [6.45, 7) is 0. The second-order valence-electron chi connectivity index (χ2n) is 4.13. The number of hydrogen-bond acceptors (Lipinski definition) is 2. The lowest BCUT2D eigenvalue weighted by atomic mass is 9.95. The molecule has 0 atom stereocenters. The highest BCUT2D eigenvalue weighted by Crippen LogP contribution is 2.26. The smallest absolute Gasteiger partial charge is 0.229 e. The van der Waals surface area contributed by atoms with Gasteiger partial charge in [0.15, 0.2) is 0 Å². The van der Waals surface area contributed by atoms with Crippen LogP contribution in [0.1, 0.15) is 51.4 Å². The number of hydrogen-bond donors (Lipinski definition) is 1. The number of carbonyl (C=O) groups is 1. The lowest BCUT2D eigenvalue weighted by Crippen LogP contribution is -2.16. The van der Waals surface area contributed by atoms with Crippen molar-refractivity contribution in [3.63, 3.8) is 0 Å². The molecule has 0 heterocycles. The molecule has 0 unspecified atom stereocenters. The number of nitrogens with one attached hydrogen (secondary N) is 1. The molecule has 14 heavy (non-hydrogen) atoms. The summed E-state index contributed by atoms with van der Waals surface area (Å²) in [4.78, 5) is 11.2. The molecule has 0 saturated heterocycles. The standard InChI is InChI=1S/C11H21NOS/c1-14-12-11(13)9-8-10-6-4-2-3-5-7-10/h10H,2-9H2,1H3,(H,12,13). The van der Waals surface area contributed by atoms with Gasteiger partial charge in [-0.05, 0) is 12.3 Å². The first-order valence-corrected chi connectivity index (χ1v) is 6.87. The molecule has 0 bridgehead atoms. The zero-order chi connectivity index (χ0) is 10.2. The fourth-order valence-corrected chi connectivity index (χ4v) is 2.48. The predicted molar refractivity (Wildman–Crippen MR) is 62.1 cm³/mol. The maximum atomic E-state index is 11.2. The van der Waals surface area contributed by atoms with Crippen molar-refractivity contribution in [1.29, 1.82) is 0 Å². The molecule has 2 nitrogen and oxygen atoms in total. The number of amides is 1. The molecule has 1 fully saturated rings. The minimum Gasteiger partial charge on any atom is -0.300 e. The molecule has 0 aromatic heterocycles. The second-order valence-corrected chi connectivity index (χ2v) is 4.74. The summed E-state index contributed by atoms with van der Waals surface area (Å²) in [7, 11) is 0. The van der Waals surface area contributed by atoms with Gasteiger partial charge in [-0.1, -0.05) is 50.5 Å². The van der Waals surface area contributed by atoms with Crippen LogP contribution in [0.15, 0.2) is 0 Å². The van der Waals surface area contributed by atoms with Crippen LogP contribution in [0, 0.1) is 5.92 Å². The number of rotatable bonds is 4. The highest BCUT2D eigenvalue weighted by Gasteiger charge is 2.13. The first-order valence-electron chi connectivity index (χ1n) is 5.64. The van der Waals surface area contributed by atoms with Gasteiger partial charge < -0.3 is 4.72 Å². The van der Waals surface area contributed by atoms with Gasteiger partial charge in [0.25, 0.3) is 0 Å². The van der Waals surface area contributed by atoms with Crippen LogP contribution < -0.4 is 4.72 Å². The highest BCUT2D eigenvalue weighted by atomic mass is 32.2. The number of carbonyl (C=O) groups excluding carboxylic acids is 1. The van der Waals surface area contributed by atoms with Crippen LogP contribution in [0.5, 0.6) is 0 Å². The molecule has 1 aliphatic carbocycles. The Labute approximate surface area is 91.4 Å². The van der Waals surface area contributed by atoms with Gasteiger partial charge in [0.05, 0.1) is 0 Å². The van der Waals surface area contributed by atoms with E-state index in [0.29, 0.717) is 6.42 Å². The molecule has 0 spiro atoms. The average molecular weight is 215 g/mol. The monoisotopic (exact) mass is 215 g/mol. The van der Waals surface area contributed by atoms with Crippen molar-refractivity contribution in [3.8, 4) is 0 Å². The second kappa shape index (κ2) is 7.16. The van der Waals surface area contributed by atoms with E-state index in [9.17, 15) is 4.79 Å². The Morgan fingerprint density at radius 2 is 1.93 bits per heavy atom. The van der Waals surface area contributed by atoms with E-state index in [2.05, 4.69) is 4.72 Å². The molecule has 1 saturated carbocycles. The molecule has 0 radical (unpaired) electrons. The minimum absolute atomic E-state index is 0.196. The van der Waals surface area contributed by atoms with Crippen LogP contribution in [-0.4, -0.2) is 12.2 Å². The van der Waals surface area contributed by atoms with Crippen LogP contribution in [0.2, 0.25) is 0 Å². The third kappa shape index (κ3) is 4.89. The van der Waals surface area contributed by atoms with Gasteiger partial charge in [-0.3, -0.25) is 4.79 Å². The lowest BCUT2D eigenvalue weighted by molar-refractivity contribution is -0.119. The topological polar surface area (TPSA) is 29.1 Å². The van der Waals surface area contributed by atoms with Crippen molar-refractivity contribution in [2.24, 2.45) is 5.92 Å². The van der Waals surface area contributed by atoms with Crippen LogP contribution in [0.4, 0.5) is 0 Å². The van der Waals surface area contributed by atoms with Crippen molar-refractivity contribution in [3.05, 3.63) is 0 Å². The zero-order valence-corrected chi connectivity index (χ0v) is 9.87. The Balaban J connectivity index is 2.12. The summed E-state index contributed by atoms with van der Waals surface area (Å²) < 4.78 is 2.78. The summed E-state index contributed by atoms with van der Waals surface area (Å²) >= 11 is 1.40. The quantitative estimate of drug-likeness (QED) is 0.576. The van der Waals surface area contributed by atoms with Gasteiger partial charge >= 0.3 is 0 Å². The molecule has 0 aromatic carbocycles. The van der Waals surface area contributed by atoms with Crippen molar-refractivity contribution < 1.29 is 4.79 Å². The van der Waals surface area contributed by atoms with E-state index in [1.165, 1.54) is 50.5 Å². The van der Waals surface area contributed by atoms with Crippen LogP contribution in [0.3, 0.4) is 0 Å². The molecule has 1 amide bonds. The molecule has 0 aromatic rings. The molecule has 82 valence electrons. The fraction of sp³-hybridized carbons (Fsp3) is 0.909. The minimum atomic E-state index is 0.196. The van der Waals surface area contributed by atoms with Crippen LogP contribution >= 0.6 is 11.9 Å². The summed E-state index contributed by atoms with van der Waals surface area (Å²) in [5.74, 6) is 1.01. The predicted octanol–water partition coefficient (Wildman–Crippen LogP) is 3.13. The maximum Gasteiger partial charge on any atom is 0.229 e. The molecule has 3 heteroatoms. The zero-order valence-electron chi connectivity index (χ0n) is 9.05. The average Bonchev–Trinajstić information content (AvgIpc) is 2.43. The summed E-state index contributed by atoms with van der Waals surface area (Å²) in [6.07, 6.45) is 11.9. The molecule has 0 aliphatic heterocycles. The van der Waals surface area contributed by atoms with E-state index in [1.54, 1.807) is 0 Å². The summed E-state index contributed by atoms with van der Waals surface area (Å²) in [5.41, 5.74) is 0. The van der Waals surface area contributed by atoms with Crippen LogP contribution in [0.25, 0.3) is 0 Å². The van der Waals surface area contributed by atoms with E-state index >= 15 is 0 Å².